The Morgan fingerprint density at radius 3 is 1.05 bits per heavy atom. The van der Waals surface area contributed by atoms with Crippen molar-refractivity contribution in [1.29, 1.82) is 0 Å². The van der Waals surface area contributed by atoms with E-state index >= 15 is 0 Å². The first-order valence-electron chi connectivity index (χ1n) is 29.1. The van der Waals surface area contributed by atoms with Gasteiger partial charge >= 0.3 is 0 Å². The fourth-order valence-corrected chi connectivity index (χ4v) is 16.4. The third kappa shape index (κ3) is 5.86. The molecule has 0 bridgehead atoms. The zero-order valence-electron chi connectivity index (χ0n) is 45.4. The van der Waals surface area contributed by atoms with Gasteiger partial charge in [-0.15, -0.1) is 0 Å². The Bertz CT molecular complexity index is 4570. The van der Waals surface area contributed by atoms with Crippen LogP contribution in [0.3, 0.4) is 0 Å². The van der Waals surface area contributed by atoms with E-state index in [1.807, 2.05) is 0 Å². The summed E-state index contributed by atoms with van der Waals surface area (Å²) in [7, 11) is 0. The summed E-state index contributed by atoms with van der Waals surface area (Å²) in [4.78, 5) is 5.10. The second-order valence-corrected chi connectivity index (χ2v) is 22.9. The predicted octanol–water partition coefficient (Wildman–Crippen LogP) is 20.0. The lowest BCUT2D eigenvalue weighted by molar-refractivity contribution is 0.752. The number of anilines is 6. The van der Waals surface area contributed by atoms with E-state index in [1.165, 1.54) is 123 Å². The molecule has 13 aromatic rings. The highest BCUT2D eigenvalue weighted by molar-refractivity contribution is 6.03. The third-order valence-corrected chi connectivity index (χ3v) is 19.3. The summed E-state index contributed by atoms with van der Waals surface area (Å²) in [6.07, 6.45) is 0. The van der Waals surface area contributed by atoms with Gasteiger partial charge in [0.1, 0.15) is 0 Å². The lowest BCUT2D eigenvalue weighted by atomic mass is 9.64. The molecule has 1 aliphatic heterocycles. The summed E-state index contributed by atoms with van der Waals surface area (Å²) < 4.78 is 0. The Labute approximate surface area is 484 Å². The average Bonchev–Trinajstić information content (AvgIpc) is 1.78. The highest BCUT2D eigenvalue weighted by atomic mass is 15.2. The first-order valence-corrected chi connectivity index (χ1v) is 29.1. The van der Waals surface area contributed by atoms with Crippen LogP contribution >= 0.6 is 0 Å². The number of hydrogen-bond acceptors (Lipinski definition) is 2. The maximum Gasteiger partial charge on any atom is 0.0755 e. The summed E-state index contributed by atoms with van der Waals surface area (Å²) in [5.41, 5.74) is 30.6. The molecule has 18 rings (SSSR count). The molecule has 0 atom stereocenters. The Hall–Kier alpha value is -10.5. The molecule has 4 aliphatic carbocycles. The van der Waals surface area contributed by atoms with Crippen LogP contribution in [-0.4, -0.2) is 0 Å². The minimum atomic E-state index is -0.650. The largest absolute Gasteiger partial charge is 0.310 e. The van der Waals surface area contributed by atoms with E-state index in [0.717, 1.165) is 22.7 Å². The number of fused-ring (bicyclic) bond motifs is 22. The molecule has 13 aromatic carbocycles. The molecule has 0 aromatic heterocycles. The molecule has 0 saturated heterocycles. The van der Waals surface area contributed by atoms with Crippen LogP contribution < -0.4 is 9.80 Å². The zero-order chi connectivity index (χ0) is 54.4. The van der Waals surface area contributed by atoms with Crippen LogP contribution in [0.15, 0.2) is 315 Å². The van der Waals surface area contributed by atoms with Gasteiger partial charge in [0, 0.05) is 22.6 Å². The Morgan fingerprint density at radius 2 is 0.566 bits per heavy atom. The zero-order valence-corrected chi connectivity index (χ0v) is 45.4. The molecule has 0 radical (unpaired) electrons. The van der Waals surface area contributed by atoms with E-state index in [-0.39, 0.29) is 0 Å². The van der Waals surface area contributed by atoms with Crippen molar-refractivity contribution < 1.29 is 0 Å². The monoisotopic (exact) mass is 1050 g/mol. The topological polar surface area (TPSA) is 6.48 Å². The van der Waals surface area contributed by atoms with Crippen molar-refractivity contribution in [3.63, 3.8) is 0 Å². The predicted molar refractivity (Wildman–Crippen MR) is 340 cm³/mol. The first kappa shape index (κ1) is 46.2. The normalized spacial score (nSPS) is 14.8. The van der Waals surface area contributed by atoms with Gasteiger partial charge in [-0.2, -0.15) is 0 Å². The fraction of sp³-hybridized carbons (Fsp3) is 0.0370. The van der Waals surface area contributed by atoms with Crippen LogP contribution in [0.1, 0.15) is 66.8 Å². The fourth-order valence-electron chi connectivity index (χ4n) is 16.4. The van der Waals surface area contributed by atoms with Gasteiger partial charge in [-0.05, 0) is 160 Å². The summed E-state index contributed by atoms with van der Waals surface area (Å²) >= 11 is 0. The first-order chi connectivity index (χ1) is 41.2. The van der Waals surface area contributed by atoms with Gasteiger partial charge in [-0.3, -0.25) is 0 Å². The molecule has 0 amide bonds. The van der Waals surface area contributed by atoms with E-state index < -0.39 is 16.2 Å². The second-order valence-electron chi connectivity index (χ2n) is 22.9. The molecule has 2 heteroatoms. The maximum absolute atomic E-state index is 2.62. The minimum absolute atomic E-state index is 0.536. The van der Waals surface area contributed by atoms with Crippen LogP contribution in [0.4, 0.5) is 34.1 Å². The summed E-state index contributed by atoms with van der Waals surface area (Å²) in [5.74, 6) is 0. The quantitative estimate of drug-likeness (QED) is 0.164. The van der Waals surface area contributed by atoms with Gasteiger partial charge in [0.05, 0.1) is 33.3 Å². The van der Waals surface area contributed by atoms with Gasteiger partial charge in [-0.1, -0.05) is 261 Å². The molecule has 1 heterocycles. The molecule has 0 saturated carbocycles. The Balaban J connectivity index is 0.952. The van der Waals surface area contributed by atoms with E-state index in [0.29, 0.717) is 0 Å². The lowest BCUT2D eigenvalue weighted by Gasteiger charge is -2.45. The number of benzene rings is 13. The molecule has 386 valence electrons. The van der Waals surface area contributed by atoms with Crippen molar-refractivity contribution in [2.24, 2.45) is 0 Å². The molecular formula is C81H52N2. The number of nitrogens with zero attached hydrogens (tertiary/aromatic N) is 2. The Kier molecular flexibility index (Phi) is 9.60. The molecule has 83 heavy (non-hydrogen) atoms. The SMILES string of the molecule is c1ccc(N2c3ccccc3C3(c4ccccc4-c4c(N(c5ccc6c(c5)C(c5ccccc5)(c5ccccc5)c5ccccc5-6)c5ccc6c(c5)C5(c7ccccc7-c7ccccc75)c5ccccc5-6)cccc43)c3ccccc32)cc1. The van der Waals surface area contributed by atoms with Crippen molar-refractivity contribution in [2.45, 2.75) is 16.2 Å². The van der Waals surface area contributed by atoms with Gasteiger partial charge < -0.3 is 9.80 Å². The molecule has 2 spiro atoms. The number of hydrogen-bond donors (Lipinski definition) is 0. The number of para-hydroxylation sites is 3. The van der Waals surface area contributed by atoms with E-state index in [1.54, 1.807) is 0 Å². The molecule has 0 unspecified atom stereocenters. The van der Waals surface area contributed by atoms with Crippen LogP contribution in [0.25, 0.3) is 44.5 Å². The second kappa shape index (κ2) is 17.2. The molecule has 0 fully saturated rings. The summed E-state index contributed by atoms with van der Waals surface area (Å²) in [6, 6.07) is 119. The Morgan fingerprint density at radius 1 is 0.229 bits per heavy atom. The minimum Gasteiger partial charge on any atom is -0.310 e. The molecule has 2 nitrogen and oxygen atoms in total. The van der Waals surface area contributed by atoms with E-state index in [4.69, 9.17) is 0 Å². The highest BCUT2D eigenvalue weighted by Crippen LogP contribution is 2.67. The number of rotatable bonds is 6. The highest BCUT2D eigenvalue weighted by Gasteiger charge is 2.55. The summed E-state index contributed by atoms with van der Waals surface area (Å²) in [5, 5.41) is 0. The van der Waals surface area contributed by atoms with Gasteiger partial charge in [0.2, 0.25) is 0 Å². The third-order valence-electron chi connectivity index (χ3n) is 19.3. The van der Waals surface area contributed by atoms with Crippen LogP contribution in [-0.2, 0) is 16.2 Å². The molecular weight excluding hydrogens is 1000 g/mol. The molecule has 5 aliphatic rings. The van der Waals surface area contributed by atoms with Crippen molar-refractivity contribution in [3.8, 4) is 44.5 Å². The van der Waals surface area contributed by atoms with Gasteiger partial charge in [0.15, 0.2) is 0 Å². The van der Waals surface area contributed by atoms with Gasteiger partial charge in [-0.25, -0.2) is 0 Å². The van der Waals surface area contributed by atoms with Crippen LogP contribution in [0, 0.1) is 0 Å². The van der Waals surface area contributed by atoms with Crippen molar-refractivity contribution >= 4 is 34.1 Å². The van der Waals surface area contributed by atoms with Crippen molar-refractivity contribution in [1.82, 2.24) is 0 Å². The summed E-state index contributed by atoms with van der Waals surface area (Å²) in [6.45, 7) is 0. The van der Waals surface area contributed by atoms with E-state index in [9.17, 15) is 0 Å². The standard InChI is InChI=1S/C81H52N2/c1-4-25-53(26-5-1)79(54-27-6-2-7-28-54)65-36-15-10-33-60(65)62-49-47-56(51-73(62)79)82(57-48-50-63-61-34-13-18-39-68(61)80(74(63)52-57)66-37-16-11-31-58(66)59-32-12-17-38-67(59)80)77-46-24-43-72-78(77)64-35-14-19-40-69(64)81(72)70-41-20-22-44-75(70)83(55-29-8-3-9-30-55)76-45-23-21-42-71(76)81/h1-52H. The maximum atomic E-state index is 2.62. The van der Waals surface area contributed by atoms with Crippen LogP contribution in [0.2, 0.25) is 0 Å². The lowest BCUT2D eigenvalue weighted by Crippen LogP contribution is -2.36. The van der Waals surface area contributed by atoms with E-state index in [2.05, 4.69) is 325 Å². The van der Waals surface area contributed by atoms with Crippen LogP contribution in [0.5, 0.6) is 0 Å². The van der Waals surface area contributed by atoms with Gasteiger partial charge in [0.25, 0.3) is 0 Å². The van der Waals surface area contributed by atoms with Crippen molar-refractivity contribution in [3.05, 3.63) is 382 Å². The smallest absolute Gasteiger partial charge is 0.0755 e. The average molecular weight is 1050 g/mol. The molecule has 0 N–H and O–H groups in total. The van der Waals surface area contributed by atoms with Crippen molar-refractivity contribution in [2.75, 3.05) is 9.80 Å².